The minimum absolute atomic E-state index is 0.113. The smallest absolute Gasteiger partial charge is 0.315 e. The number of hydrogen-bond acceptors (Lipinski definition) is 3. The van der Waals surface area contributed by atoms with Crippen molar-refractivity contribution >= 4 is 11.9 Å². The lowest BCUT2D eigenvalue weighted by Gasteiger charge is -2.09. The molecule has 0 bridgehead atoms. The maximum atomic E-state index is 11.0. The van der Waals surface area contributed by atoms with E-state index >= 15 is 0 Å². The lowest BCUT2D eigenvalue weighted by molar-refractivity contribution is -0.143. The molecule has 12 heavy (non-hydrogen) atoms. The van der Waals surface area contributed by atoms with Gasteiger partial charge in [0.2, 0.25) is 5.91 Å². The van der Waals surface area contributed by atoms with Crippen LogP contribution in [0.15, 0.2) is 0 Å². The Morgan fingerprint density at radius 1 is 1.50 bits per heavy atom. The molecule has 4 heteroatoms. The third-order valence-electron chi connectivity index (χ3n) is 1.55. The molecule has 0 heterocycles. The number of methoxy groups -OCH3 is 1. The second-order valence-electron chi connectivity index (χ2n) is 2.63. The number of hydrogen-bond donors (Lipinski definition) is 1. The van der Waals surface area contributed by atoms with Gasteiger partial charge in [-0.25, -0.2) is 0 Å². The Hall–Kier alpha value is -1.06. The van der Waals surface area contributed by atoms with Crippen molar-refractivity contribution in [2.75, 3.05) is 7.11 Å². The number of ether oxygens (including phenoxy) is 1. The van der Waals surface area contributed by atoms with Crippen LogP contribution < -0.4 is 5.32 Å². The fourth-order valence-electron chi connectivity index (χ4n) is 0.631. The van der Waals surface area contributed by atoms with Crippen molar-refractivity contribution in [1.82, 2.24) is 5.32 Å². The summed E-state index contributed by atoms with van der Waals surface area (Å²) in [5, 5.41) is 2.66. The first-order valence-corrected chi connectivity index (χ1v) is 3.96. The van der Waals surface area contributed by atoms with Gasteiger partial charge in [-0.1, -0.05) is 6.92 Å². The standard InChI is InChI=1S/C8H15NO3/c1-4-6(2)9-7(10)5-8(11)12-3/h6H,4-5H2,1-3H3,(H,9,10). The van der Waals surface area contributed by atoms with Gasteiger partial charge in [-0.15, -0.1) is 0 Å². The van der Waals surface area contributed by atoms with Crippen molar-refractivity contribution in [3.8, 4) is 0 Å². The van der Waals surface area contributed by atoms with Crippen LogP contribution in [0.1, 0.15) is 26.7 Å². The van der Waals surface area contributed by atoms with Crippen LogP contribution in [0.2, 0.25) is 0 Å². The van der Waals surface area contributed by atoms with Crippen LogP contribution in [0, 0.1) is 0 Å². The van der Waals surface area contributed by atoms with Gasteiger partial charge in [0.1, 0.15) is 6.42 Å². The van der Waals surface area contributed by atoms with E-state index in [1.54, 1.807) is 0 Å². The summed E-state index contributed by atoms with van der Waals surface area (Å²) < 4.78 is 4.34. The maximum absolute atomic E-state index is 11.0. The van der Waals surface area contributed by atoms with Crippen molar-refractivity contribution in [2.45, 2.75) is 32.7 Å². The second-order valence-corrected chi connectivity index (χ2v) is 2.63. The fourth-order valence-corrected chi connectivity index (χ4v) is 0.631. The second kappa shape index (κ2) is 5.57. The Morgan fingerprint density at radius 2 is 2.08 bits per heavy atom. The van der Waals surface area contributed by atoms with E-state index < -0.39 is 5.97 Å². The normalized spacial score (nSPS) is 11.9. The molecule has 0 radical (unpaired) electrons. The summed E-state index contributed by atoms with van der Waals surface area (Å²) >= 11 is 0. The van der Waals surface area contributed by atoms with E-state index in [2.05, 4.69) is 10.1 Å². The van der Waals surface area contributed by atoms with Crippen molar-refractivity contribution in [2.24, 2.45) is 0 Å². The molecule has 70 valence electrons. The topological polar surface area (TPSA) is 55.4 Å². The molecular weight excluding hydrogens is 158 g/mol. The van der Waals surface area contributed by atoms with E-state index in [9.17, 15) is 9.59 Å². The van der Waals surface area contributed by atoms with E-state index in [4.69, 9.17) is 0 Å². The zero-order chi connectivity index (χ0) is 9.56. The average molecular weight is 173 g/mol. The van der Waals surface area contributed by atoms with Crippen molar-refractivity contribution in [3.05, 3.63) is 0 Å². The molecule has 0 fully saturated rings. The van der Waals surface area contributed by atoms with E-state index in [0.29, 0.717) is 0 Å². The van der Waals surface area contributed by atoms with Crippen LogP contribution >= 0.6 is 0 Å². The summed E-state index contributed by atoms with van der Waals surface area (Å²) in [4.78, 5) is 21.6. The molecule has 0 aromatic rings. The first-order valence-electron chi connectivity index (χ1n) is 3.96. The number of esters is 1. The van der Waals surface area contributed by atoms with Crippen LogP contribution in [0.4, 0.5) is 0 Å². The Balaban J connectivity index is 3.66. The maximum Gasteiger partial charge on any atom is 0.315 e. The zero-order valence-corrected chi connectivity index (χ0v) is 7.72. The lowest BCUT2D eigenvalue weighted by atomic mass is 10.2. The SMILES string of the molecule is CCC(C)NC(=O)CC(=O)OC. The highest BCUT2D eigenvalue weighted by Gasteiger charge is 2.10. The van der Waals surface area contributed by atoms with Gasteiger partial charge in [-0.2, -0.15) is 0 Å². The van der Waals surface area contributed by atoms with E-state index in [1.165, 1.54) is 7.11 Å². The third-order valence-corrected chi connectivity index (χ3v) is 1.55. The summed E-state index contributed by atoms with van der Waals surface area (Å²) in [7, 11) is 1.26. The molecule has 4 nitrogen and oxygen atoms in total. The van der Waals surface area contributed by atoms with Crippen LogP contribution in [0.3, 0.4) is 0 Å². The minimum Gasteiger partial charge on any atom is -0.469 e. The van der Waals surface area contributed by atoms with Gasteiger partial charge in [0.25, 0.3) is 0 Å². The van der Waals surface area contributed by atoms with E-state index in [1.807, 2.05) is 13.8 Å². The molecule has 1 atom stereocenters. The van der Waals surface area contributed by atoms with Crippen LogP contribution in [-0.4, -0.2) is 25.0 Å². The molecule has 0 saturated heterocycles. The Morgan fingerprint density at radius 3 is 2.50 bits per heavy atom. The summed E-state index contributed by atoms with van der Waals surface area (Å²) in [5.41, 5.74) is 0. The summed E-state index contributed by atoms with van der Waals surface area (Å²) in [5.74, 6) is -0.785. The third kappa shape index (κ3) is 4.71. The van der Waals surface area contributed by atoms with Gasteiger partial charge in [-0.05, 0) is 13.3 Å². The number of rotatable bonds is 4. The average Bonchev–Trinajstić information content (AvgIpc) is 2.03. The highest BCUT2D eigenvalue weighted by Crippen LogP contribution is 1.90. The summed E-state index contributed by atoms with van der Waals surface area (Å²) in [6.07, 6.45) is 0.660. The predicted molar refractivity (Wildman–Crippen MR) is 44.5 cm³/mol. The van der Waals surface area contributed by atoms with Gasteiger partial charge in [0, 0.05) is 6.04 Å². The number of carbonyl (C=O) groups excluding carboxylic acids is 2. The monoisotopic (exact) mass is 173 g/mol. The summed E-state index contributed by atoms with van der Waals surface area (Å²) in [6.45, 7) is 3.85. The number of carbonyl (C=O) groups is 2. The molecule has 0 aromatic carbocycles. The molecule has 0 aliphatic rings. The van der Waals surface area contributed by atoms with Crippen LogP contribution in [0.25, 0.3) is 0 Å². The Bertz CT molecular complexity index is 168. The quantitative estimate of drug-likeness (QED) is 0.496. The van der Waals surface area contributed by atoms with Gasteiger partial charge >= 0.3 is 5.97 Å². The van der Waals surface area contributed by atoms with E-state index in [-0.39, 0.29) is 18.4 Å². The van der Waals surface area contributed by atoms with Gasteiger partial charge in [0.05, 0.1) is 7.11 Å². The first kappa shape index (κ1) is 10.9. The van der Waals surface area contributed by atoms with Crippen molar-refractivity contribution in [3.63, 3.8) is 0 Å². The molecule has 0 spiro atoms. The predicted octanol–water partition coefficient (Wildman–Crippen LogP) is 0.464. The Kier molecular flexibility index (Phi) is 5.08. The van der Waals surface area contributed by atoms with Crippen LogP contribution in [0.5, 0.6) is 0 Å². The molecule has 1 unspecified atom stereocenters. The molecule has 1 amide bonds. The first-order chi connectivity index (χ1) is 5.60. The highest BCUT2D eigenvalue weighted by atomic mass is 16.5. The molecule has 1 N–H and O–H groups in total. The number of amides is 1. The van der Waals surface area contributed by atoms with Gasteiger partial charge < -0.3 is 10.1 Å². The van der Waals surface area contributed by atoms with Crippen molar-refractivity contribution < 1.29 is 14.3 Å². The molecule has 0 aliphatic carbocycles. The summed E-state index contributed by atoms with van der Waals surface area (Å²) in [6, 6.07) is 0.113. The fraction of sp³-hybridized carbons (Fsp3) is 0.750. The largest absolute Gasteiger partial charge is 0.469 e. The molecule has 0 aliphatic heterocycles. The zero-order valence-electron chi connectivity index (χ0n) is 7.72. The Labute approximate surface area is 72.3 Å². The van der Waals surface area contributed by atoms with Crippen LogP contribution in [-0.2, 0) is 14.3 Å². The molecule has 0 saturated carbocycles. The number of nitrogens with one attached hydrogen (secondary N) is 1. The van der Waals surface area contributed by atoms with E-state index in [0.717, 1.165) is 6.42 Å². The molecular formula is C8H15NO3. The van der Waals surface area contributed by atoms with Gasteiger partial charge in [0.15, 0.2) is 0 Å². The molecule has 0 rings (SSSR count). The van der Waals surface area contributed by atoms with Gasteiger partial charge in [-0.3, -0.25) is 9.59 Å². The molecule has 0 aromatic heterocycles. The highest BCUT2D eigenvalue weighted by molar-refractivity contribution is 5.94. The van der Waals surface area contributed by atoms with Crippen molar-refractivity contribution in [1.29, 1.82) is 0 Å². The lowest BCUT2D eigenvalue weighted by Crippen LogP contribution is -2.33. The minimum atomic E-state index is -0.504.